The minimum atomic E-state index is -0.973. The summed E-state index contributed by atoms with van der Waals surface area (Å²) in [6.45, 7) is 5.22. The average molecular weight is 230 g/mol. The third kappa shape index (κ3) is 7.23. The van der Waals surface area contributed by atoms with E-state index in [-0.39, 0.29) is 12.3 Å². The number of unbranched alkanes of at least 4 members (excludes halogenated alkanes) is 1. The Morgan fingerprint density at radius 1 is 1.19 bits per heavy atom. The molecular weight excluding hydrogens is 208 g/mol. The van der Waals surface area contributed by atoms with Crippen molar-refractivity contribution in [3.05, 3.63) is 0 Å². The summed E-state index contributed by atoms with van der Waals surface area (Å²) in [6, 6.07) is -0.776. The van der Waals surface area contributed by atoms with E-state index in [9.17, 15) is 9.59 Å². The van der Waals surface area contributed by atoms with Gasteiger partial charge in [-0.15, -0.1) is 0 Å². The van der Waals surface area contributed by atoms with Gasteiger partial charge in [0.15, 0.2) is 0 Å². The summed E-state index contributed by atoms with van der Waals surface area (Å²) in [7, 11) is 0. The third-order valence-electron chi connectivity index (χ3n) is 2.18. The SMILES string of the molecule is CCCCNC(=O)C[C@H](NCCC)C(=O)O. The second kappa shape index (κ2) is 9.15. The predicted octanol–water partition coefficient (Wildman–Crippen LogP) is 0.746. The first-order valence-corrected chi connectivity index (χ1v) is 5.84. The molecule has 0 rings (SSSR count). The standard InChI is InChI=1S/C11H22N2O3/c1-3-5-7-13-10(14)8-9(11(15)16)12-6-4-2/h9,12H,3-8H2,1-2H3,(H,13,14)(H,15,16)/t9-/m0/s1. The lowest BCUT2D eigenvalue weighted by atomic mass is 10.2. The van der Waals surface area contributed by atoms with Gasteiger partial charge in [-0.1, -0.05) is 20.3 Å². The van der Waals surface area contributed by atoms with Crippen LogP contribution in [-0.4, -0.2) is 36.1 Å². The van der Waals surface area contributed by atoms with Crippen molar-refractivity contribution in [2.45, 2.75) is 45.6 Å². The molecule has 0 fully saturated rings. The van der Waals surface area contributed by atoms with Crippen LogP contribution in [0.3, 0.4) is 0 Å². The fraction of sp³-hybridized carbons (Fsp3) is 0.818. The second-order valence-electron chi connectivity index (χ2n) is 3.75. The smallest absolute Gasteiger partial charge is 0.321 e. The molecule has 1 atom stereocenters. The Hall–Kier alpha value is -1.10. The summed E-state index contributed by atoms with van der Waals surface area (Å²) in [4.78, 5) is 22.2. The van der Waals surface area contributed by atoms with Crippen LogP contribution in [0.4, 0.5) is 0 Å². The van der Waals surface area contributed by atoms with Gasteiger partial charge in [0.2, 0.25) is 5.91 Å². The van der Waals surface area contributed by atoms with Crippen molar-refractivity contribution in [2.75, 3.05) is 13.1 Å². The Kier molecular flexibility index (Phi) is 8.52. The molecule has 0 saturated heterocycles. The minimum absolute atomic E-state index is 0.000945. The van der Waals surface area contributed by atoms with Crippen LogP contribution in [0.15, 0.2) is 0 Å². The number of carbonyl (C=O) groups excluding carboxylic acids is 1. The van der Waals surface area contributed by atoms with Crippen LogP contribution in [0.2, 0.25) is 0 Å². The van der Waals surface area contributed by atoms with Crippen molar-refractivity contribution >= 4 is 11.9 Å². The lowest BCUT2D eigenvalue weighted by Crippen LogP contribution is -2.41. The van der Waals surface area contributed by atoms with Gasteiger partial charge in [0, 0.05) is 6.54 Å². The van der Waals surface area contributed by atoms with Crippen molar-refractivity contribution in [1.82, 2.24) is 10.6 Å². The Balaban J connectivity index is 3.88. The van der Waals surface area contributed by atoms with E-state index in [4.69, 9.17) is 5.11 Å². The highest BCUT2D eigenvalue weighted by Gasteiger charge is 2.19. The largest absolute Gasteiger partial charge is 0.480 e. The number of amides is 1. The Bertz CT molecular complexity index is 219. The lowest BCUT2D eigenvalue weighted by Gasteiger charge is -2.13. The highest BCUT2D eigenvalue weighted by molar-refractivity contribution is 5.84. The van der Waals surface area contributed by atoms with Gasteiger partial charge in [0.05, 0.1) is 6.42 Å². The number of rotatable bonds is 9. The number of hydrogen-bond acceptors (Lipinski definition) is 3. The van der Waals surface area contributed by atoms with Gasteiger partial charge in [-0.25, -0.2) is 0 Å². The van der Waals surface area contributed by atoms with Gasteiger partial charge in [-0.3, -0.25) is 9.59 Å². The first-order valence-electron chi connectivity index (χ1n) is 5.84. The summed E-state index contributed by atoms with van der Waals surface area (Å²) in [5.74, 6) is -1.18. The van der Waals surface area contributed by atoms with Crippen molar-refractivity contribution in [3.63, 3.8) is 0 Å². The molecule has 5 nitrogen and oxygen atoms in total. The molecule has 3 N–H and O–H groups in total. The summed E-state index contributed by atoms with van der Waals surface area (Å²) in [5, 5.41) is 14.4. The highest BCUT2D eigenvalue weighted by Crippen LogP contribution is 1.94. The van der Waals surface area contributed by atoms with E-state index in [2.05, 4.69) is 10.6 Å². The predicted molar refractivity (Wildman–Crippen MR) is 62.3 cm³/mol. The molecule has 0 aromatic heterocycles. The van der Waals surface area contributed by atoms with Gasteiger partial charge in [0.25, 0.3) is 0 Å². The van der Waals surface area contributed by atoms with E-state index < -0.39 is 12.0 Å². The van der Waals surface area contributed by atoms with E-state index in [1.165, 1.54) is 0 Å². The van der Waals surface area contributed by atoms with Crippen LogP contribution >= 0.6 is 0 Å². The maximum Gasteiger partial charge on any atom is 0.321 e. The second-order valence-corrected chi connectivity index (χ2v) is 3.75. The fourth-order valence-electron chi connectivity index (χ4n) is 1.23. The van der Waals surface area contributed by atoms with Gasteiger partial charge in [-0.2, -0.15) is 0 Å². The summed E-state index contributed by atoms with van der Waals surface area (Å²) in [6.07, 6.45) is 2.78. The zero-order chi connectivity index (χ0) is 12.4. The molecular formula is C11H22N2O3. The third-order valence-corrected chi connectivity index (χ3v) is 2.18. The van der Waals surface area contributed by atoms with Crippen molar-refractivity contribution in [3.8, 4) is 0 Å². The first kappa shape index (κ1) is 14.9. The zero-order valence-electron chi connectivity index (χ0n) is 10.1. The van der Waals surface area contributed by atoms with Crippen LogP contribution in [0.1, 0.15) is 39.5 Å². The van der Waals surface area contributed by atoms with E-state index in [1.807, 2.05) is 13.8 Å². The molecule has 5 heteroatoms. The summed E-state index contributed by atoms with van der Waals surface area (Å²) >= 11 is 0. The topological polar surface area (TPSA) is 78.4 Å². The molecule has 0 aliphatic rings. The Morgan fingerprint density at radius 3 is 2.38 bits per heavy atom. The first-order chi connectivity index (χ1) is 7.61. The van der Waals surface area contributed by atoms with Crippen LogP contribution in [-0.2, 0) is 9.59 Å². The normalized spacial score (nSPS) is 12.1. The number of carboxylic acid groups (broad SMARTS) is 1. The lowest BCUT2D eigenvalue weighted by molar-refractivity contribution is -0.141. The average Bonchev–Trinajstić information content (AvgIpc) is 2.24. The molecule has 0 aromatic carbocycles. The minimum Gasteiger partial charge on any atom is -0.480 e. The number of carbonyl (C=O) groups is 2. The highest BCUT2D eigenvalue weighted by atomic mass is 16.4. The molecule has 94 valence electrons. The number of hydrogen-bond donors (Lipinski definition) is 3. The molecule has 0 bridgehead atoms. The maximum atomic E-state index is 11.4. The molecule has 0 unspecified atom stereocenters. The van der Waals surface area contributed by atoms with E-state index in [0.717, 1.165) is 19.3 Å². The molecule has 16 heavy (non-hydrogen) atoms. The summed E-state index contributed by atoms with van der Waals surface area (Å²) < 4.78 is 0. The Labute approximate surface area is 96.6 Å². The Morgan fingerprint density at radius 2 is 1.88 bits per heavy atom. The number of nitrogens with one attached hydrogen (secondary N) is 2. The molecule has 0 aliphatic heterocycles. The molecule has 1 amide bonds. The number of carboxylic acids is 1. The maximum absolute atomic E-state index is 11.4. The van der Waals surface area contributed by atoms with Gasteiger partial charge in [-0.05, 0) is 19.4 Å². The van der Waals surface area contributed by atoms with Crippen molar-refractivity contribution in [2.24, 2.45) is 0 Å². The molecule has 0 saturated carbocycles. The fourth-order valence-corrected chi connectivity index (χ4v) is 1.23. The van der Waals surface area contributed by atoms with E-state index in [1.54, 1.807) is 0 Å². The van der Waals surface area contributed by atoms with Crippen LogP contribution in [0, 0.1) is 0 Å². The zero-order valence-corrected chi connectivity index (χ0v) is 10.1. The molecule has 0 aliphatic carbocycles. The molecule has 0 heterocycles. The molecule has 0 radical (unpaired) electrons. The van der Waals surface area contributed by atoms with E-state index in [0.29, 0.717) is 13.1 Å². The van der Waals surface area contributed by atoms with E-state index >= 15 is 0 Å². The summed E-state index contributed by atoms with van der Waals surface area (Å²) in [5.41, 5.74) is 0. The van der Waals surface area contributed by atoms with Crippen LogP contribution in [0.25, 0.3) is 0 Å². The quantitative estimate of drug-likeness (QED) is 0.511. The van der Waals surface area contributed by atoms with Gasteiger partial charge < -0.3 is 15.7 Å². The monoisotopic (exact) mass is 230 g/mol. The van der Waals surface area contributed by atoms with Crippen LogP contribution in [0.5, 0.6) is 0 Å². The van der Waals surface area contributed by atoms with Crippen molar-refractivity contribution in [1.29, 1.82) is 0 Å². The molecule has 0 spiro atoms. The van der Waals surface area contributed by atoms with Crippen LogP contribution < -0.4 is 10.6 Å². The van der Waals surface area contributed by atoms with Gasteiger partial charge >= 0.3 is 5.97 Å². The molecule has 0 aromatic rings. The number of aliphatic carboxylic acids is 1. The van der Waals surface area contributed by atoms with Gasteiger partial charge in [0.1, 0.15) is 6.04 Å². The van der Waals surface area contributed by atoms with Crippen molar-refractivity contribution < 1.29 is 14.7 Å².